The molecule has 5 heteroatoms. The first-order chi connectivity index (χ1) is 18.1. The highest BCUT2D eigenvalue weighted by Crippen LogP contribution is 2.45. The summed E-state index contributed by atoms with van der Waals surface area (Å²) in [7, 11) is 3.46. The third kappa shape index (κ3) is 12.4. The molecule has 0 atom stereocenters. The molecule has 0 aliphatic heterocycles. The number of hydrogen-bond acceptors (Lipinski definition) is 2. The van der Waals surface area contributed by atoms with E-state index in [9.17, 15) is 0 Å². The summed E-state index contributed by atoms with van der Waals surface area (Å²) in [5, 5.41) is 0. The Morgan fingerprint density at radius 2 is 0.878 bits per heavy atom. The molecule has 0 radical (unpaired) electrons. The van der Waals surface area contributed by atoms with E-state index in [2.05, 4.69) is 135 Å². The molecule has 0 spiro atoms. The third-order valence-corrected chi connectivity index (χ3v) is 11.5. The molecule has 2 rings (SSSR count). The van der Waals surface area contributed by atoms with E-state index < -0.39 is 0 Å². The second-order valence-electron chi connectivity index (χ2n) is 16.1. The second kappa shape index (κ2) is 14.4. The van der Waals surface area contributed by atoms with Crippen LogP contribution in [0.25, 0.3) is 0 Å². The fourth-order valence-electron chi connectivity index (χ4n) is 7.46. The van der Waals surface area contributed by atoms with Gasteiger partial charge in [-0.15, -0.1) is 0 Å². The fraction of sp³-hybridized carbons (Fsp3) is 0.667. The van der Waals surface area contributed by atoms with E-state index in [1.54, 1.807) is 14.2 Å². The summed E-state index contributed by atoms with van der Waals surface area (Å²) in [6, 6.07) is 17.3. The monoisotopic (exact) mass is 791 g/mol. The number of methoxy groups -OCH3 is 2. The Kier molecular flexibility index (Phi) is 13.4. The van der Waals surface area contributed by atoms with Gasteiger partial charge < -0.3 is 33.5 Å². The molecule has 234 valence electrons. The Bertz CT molecular complexity index is 1020. The van der Waals surface area contributed by atoms with Crippen molar-refractivity contribution in [2.45, 2.75) is 129 Å². The Morgan fingerprint density at radius 3 is 1.22 bits per heavy atom. The lowest BCUT2D eigenvalue weighted by Gasteiger charge is -2.39. The maximum Gasteiger partial charge on any atom is 0.203 e. The van der Waals surface area contributed by atoms with E-state index in [1.165, 1.54) is 17.5 Å². The van der Waals surface area contributed by atoms with E-state index in [1.807, 2.05) is 0 Å². The van der Waals surface area contributed by atoms with Crippen molar-refractivity contribution in [3.05, 3.63) is 59.7 Å². The summed E-state index contributed by atoms with van der Waals surface area (Å²) >= 11 is -0.202. The molecule has 0 saturated carbocycles. The van der Waals surface area contributed by atoms with Crippen molar-refractivity contribution in [1.82, 2.24) is 0 Å². The first-order valence-corrected chi connectivity index (χ1v) is 17.0. The van der Waals surface area contributed by atoms with Crippen LogP contribution in [-0.2, 0) is 10.8 Å². The molecule has 41 heavy (non-hydrogen) atoms. The maximum absolute atomic E-state index is 5.38. The zero-order chi connectivity index (χ0) is 30.6. The second-order valence-corrected chi connectivity index (χ2v) is 20.1. The van der Waals surface area contributed by atoms with Crippen LogP contribution in [0.2, 0.25) is 0 Å². The lowest BCUT2D eigenvalue weighted by molar-refractivity contribution is -0.498. The lowest BCUT2D eigenvalue weighted by Crippen LogP contribution is -3.00. The van der Waals surface area contributed by atoms with Gasteiger partial charge in [-0.05, 0) is 90.2 Å². The molecule has 0 saturated heterocycles. The lowest BCUT2D eigenvalue weighted by atomic mass is 9.67. The highest BCUT2D eigenvalue weighted by molar-refractivity contribution is 14.1. The zero-order valence-corrected chi connectivity index (χ0v) is 32.8. The number of benzene rings is 2. The summed E-state index contributed by atoms with van der Waals surface area (Å²) in [6.45, 7) is 29.1. The molecule has 0 aliphatic carbocycles. The smallest absolute Gasteiger partial charge is 0.203 e. The molecule has 1 N–H and O–H groups in total. The third-order valence-electron chi connectivity index (χ3n) is 7.96. The van der Waals surface area contributed by atoms with Gasteiger partial charge in [0.25, 0.3) is 0 Å². The number of alkyl halides is 1. The van der Waals surface area contributed by atoms with Gasteiger partial charge in [0.1, 0.15) is 11.5 Å². The summed E-state index contributed by atoms with van der Waals surface area (Å²) in [4.78, 5) is 0. The summed E-state index contributed by atoms with van der Waals surface area (Å²) < 4.78 is 15.2. The van der Waals surface area contributed by atoms with Gasteiger partial charge >= 0.3 is 0 Å². The number of rotatable bonds is 14. The van der Waals surface area contributed by atoms with Gasteiger partial charge in [0, 0.05) is 20.3 Å². The summed E-state index contributed by atoms with van der Waals surface area (Å²) in [5.41, 5.74) is 3.50. The number of nitrogens with one attached hydrogen (secondary N) is 1. The van der Waals surface area contributed by atoms with Crippen LogP contribution < -0.4 is 36.6 Å². The minimum atomic E-state index is -0.202. The molecule has 0 amide bonds. The van der Waals surface area contributed by atoms with Crippen molar-refractivity contribution in [2.24, 2.45) is 10.8 Å². The van der Waals surface area contributed by atoms with Crippen molar-refractivity contribution < 1.29 is 36.6 Å². The normalized spacial score (nSPS) is 13.9. The molecule has 2 aromatic rings. The SMILES string of the molecule is COc1ccc(C(C)(C)CC(C)(C)CC(C)(C)[NH+]=IC(C)(C)CC(C)(C)CC(C)(C)c2ccc(OC)cc2)cc1.[I-]. The summed E-state index contributed by atoms with van der Waals surface area (Å²) in [6.07, 6.45) is 4.64. The average Bonchev–Trinajstić information content (AvgIpc) is 2.80. The van der Waals surface area contributed by atoms with Gasteiger partial charge in [-0.2, -0.15) is 0 Å². The van der Waals surface area contributed by atoms with Crippen LogP contribution in [0, 0.1) is 10.8 Å². The molecular weight excluding hydrogens is 732 g/mol. The maximum atomic E-state index is 5.38. The number of hydrogen-bond donors (Lipinski definition) is 1. The highest BCUT2D eigenvalue weighted by atomic mass is 127. The molecular formula is C36H59I2NO2. The van der Waals surface area contributed by atoms with Gasteiger partial charge in [0.2, 0.25) is 21.0 Å². The molecule has 0 aromatic heterocycles. The molecule has 0 fully saturated rings. The van der Waals surface area contributed by atoms with Crippen molar-refractivity contribution >= 4 is 21.0 Å². The minimum Gasteiger partial charge on any atom is -1.00 e. The van der Waals surface area contributed by atoms with Crippen LogP contribution in [0.15, 0.2) is 48.5 Å². The van der Waals surface area contributed by atoms with Crippen LogP contribution >= 0.6 is 21.0 Å². The topological polar surface area (TPSA) is 32.4 Å². The molecule has 0 bridgehead atoms. The van der Waals surface area contributed by atoms with Crippen LogP contribution in [0.5, 0.6) is 11.5 Å². The molecule has 0 heterocycles. The van der Waals surface area contributed by atoms with E-state index in [-0.39, 0.29) is 72.2 Å². The minimum absolute atomic E-state index is 0. The average molecular weight is 792 g/mol. The van der Waals surface area contributed by atoms with Crippen molar-refractivity contribution in [1.29, 1.82) is 0 Å². The highest BCUT2D eigenvalue weighted by Gasteiger charge is 2.39. The predicted molar refractivity (Wildman–Crippen MR) is 181 cm³/mol. The van der Waals surface area contributed by atoms with Crippen LogP contribution in [-0.4, -0.2) is 23.2 Å². The van der Waals surface area contributed by atoms with Gasteiger partial charge in [0.15, 0.2) is 5.54 Å². The number of ether oxygens (including phenoxy) is 2. The van der Waals surface area contributed by atoms with Crippen molar-refractivity contribution in [2.75, 3.05) is 14.2 Å². The number of halogens is 2. The largest absolute Gasteiger partial charge is 1.00 e. The van der Waals surface area contributed by atoms with Crippen LogP contribution in [0.3, 0.4) is 0 Å². The fourth-order valence-corrected chi connectivity index (χ4v) is 10.3. The Balaban J connectivity index is 0.00000840. The molecule has 0 unspecified atom stereocenters. The Labute approximate surface area is 280 Å². The van der Waals surface area contributed by atoms with Gasteiger partial charge in [0.05, 0.1) is 17.6 Å². The quantitative estimate of drug-likeness (QED) is 0.179. The van der Waals surface area contributed by atoms with Gasteiger partial charge in [-0.25, -0.2) is 3.15 Å². The summed E-state index contributed by atoms with van der Waals surface area (Å²) in [5.74, 6) is 1.84. The van der Waals surface area contributed by atoms with Gasteiger partial charge in [-0.3, -0.25) is 0 Å². The standard InChI is InChI=1S/C36H58INO2.HI/c1-31(2,23-33(5,6)27-15-19-29(39-13)20-16-27)25-35(9,10)37-38-36(11,12)26-32(3,4)24-34(7,8)28-17-21-30(40-14)22-18-28;/h15-22H,23-26H2,1-14H3;1H. The van der Waals surface area contributed by atoms with Gasteiger partial charge in [-0.1, -0.05) is 79.7 Å². The zero-order valence-electron chi connectivity index (χ0n) is 28.5. The van der Waals surface area contributed by atoms with E-state index in [0.717, 1.165) is 30.8 Å². The molecule has 2 aromatic carbocycles. The van der Waals surface area contributed by atoms with E-state index in [4.69, 9.17) is 9.47 Å². The Morgan fingerprint density at radius 1 is 0.537 bits per heavy atom. The Hall–Kier alpha value is -0.700. The van der Waals surface area contributed by atoms with Crippen LogP contribution in [0.1, 0.15) is 120 Å². The molecule has 3 nitrogen and oxygen atoms in total. The molecule has 0 aliphatic rings. The predicted octanol–water partition coefficient (Wildman–Crippen LogP) is 6.37. The first-order valence-electron chi connectivity index (χ1n) is 14.8. The van der Waals surface area contributed by atoms with Crippen molar-refractivity contribution in [3.8, 4) is 11.5 Å². The van der Waals surface area contributed by atoms with E-state index in [0.29, 0.717) is 3.42 Å². The van der Waals surface area contributed by atoms with Crippen molar-refractivity contribution in [3.63, 3.8) is 0 Å². The van der Waals surface area contributed by atoms with E-state index >= 15 is 0 Å². The first kappa shape index (κ1) is 38.3. The van der Waals surface area contributed by atoms with Crippen LogP contribution in [0.4, 0.5) is 0 Å².